The summed E-state index contributed by atoms with van der Waals surface area (Å²) in [5.41, 5.74) is 2.75. The van der Waals surface area contributed by atoms with E-state index in [4.69, 9.17) is 0 Å². The molecule has 0 heterocycles. The van der Waals surface area contributed by atoms with Crippen molar-refractivity contribution in [2.24, 2.45) is 5.41 Å². The number of fused-ring (bicyclic) bond motifs is 1. The van der Waals surface area contributed by atoms with Crippen molar-refractivity contribution < 1.29 is 9.90 Å². The Labute approximate surface area is 123 Å². The van der Waals surface area contributed by atoms with Crippen LogP contribution < -0.4 is 0 Å². The van der Waals surface area contributed by atoms with Crippen LogP contribution in [0.5, 0.6) is 0 Å². The van der Waals surface area contributed by atoms with Crippen LogP contribution >= 0.6 is 15.9 Å². The van der Waals surface area contributed by atoms with E-state index in [2.05, 4.69) is 57.5 Å². The highest BCUT2D eigenvalue weighted by molar-refractivity contribution is 9.10. The third-order valence-corrected chi connectivity index (χ3v) is 6.47. The molecule has 0 saturated carbocycles. The second kappa shape index (κ2) is 3.85. The highest BCUT2D eigenvalue weighted by Gasteiger charge is 2.57. The fraction of sp³-hybridized carbons (Fsp3) is 0.562. The van der Waals surface area contributed by atoms with Crippen LogP contribution in [-0.4, -0.2) is 11.1 Å². The topological polar surface area (TPSA) is 37.3 Å². The van der Waals surface area contributed by atoms with Gasteiger partial charge < -0.3 is 5.11 Å². The van der Waals surface area contributed by atoms with Crippen molar-refractivity contribution in [3.63, 3.8) is 0 Å². The Morgan fingerprint density at radius 1 is 1.00 bits per heavy atom. The van der Waals surface area contributed by atoms with Crippen molar-refractivity contribution in [3.8, 4) is 0 Å². The molecule has 0 radical (unpaired) electrons. The van der Waals surface area contributed by atoms with Gasteiger partial charge in [-0.25, -0.2) is 4.79 Å². The van der Waals surface area contributed by atoms with Crippen LogP contribution in [0.1, 0.15) is 63.0 Å². The van der Waals surface area contributed by atoms with Gasteiger partial charge in [0.2, 0.25) is 0 Å². The first-order valence-corrected chi connectivity index (χ1v) is 7.31. The first-order valence-electron chi connectivity index (χ1n) is 6.52. The summed E-state index contributed by atoms with van der Waals surface area (Å²) < 4.78 is 0.667. The van der Waals surface area contributed by atoms with Crippen LogP contribution in [0.3, 0.4) is 0 Å². The Morgan fingerprint density at radius 2 is 1.42 bits per heavy atom. The van der Waals surface area contributed by atoms with Gasteiger partial charge in [-0.2, -0.15) is 0 Å². The lowest BCUT2D eigenvalue weighted by Gasteiger charge is -2.44. The van der Waals surface area contributed by atoms with Crippen LogP contribution in [-0.2, 0) is 10.8 Å². The normalized spacial score (nSPS) is 22.1. The van der Waals surface area contributed by atoms with Gasteiger partial charge in [0.25, 0.3) is 0 Å². The molecule has 19 heavy (non-hydrogen) atoms. The third kappa shape index (κ3) is 1.63. The van der Waals surface area contributed by atoms with E-state index in [1.54, 1.807) is 0 Å². The molecule has 0 atom stereocenters. The van der Waals surface area contributed by atoms with Crippen molar-refractivity contribution in [2.75, 3.05) is 0 Å². The first kappa shape index (κ1) is 14.6. The first-order chi connectivity index (χ1) is 8.44. The van der Waals surface area contributed by atoms with Crippen LogP contribution in [0, 0.1) is 5.41 Å². The van der Waals surface area contributed by atoms with E-state index in [9.17, 15) is 9.90 Å². The Morgan fingerprint density at radius 3 is 1.84 bits per heavy atom. The SMILES string of the molecule is CC1(C)c2cc(Br)c(C(=O)O)cc2C(C)(C)C1(C)C. The van der Waals surface area contributed by atoms with E-state index in [1.165, 1.54) is 5.56 Å². The molecule has 3 heteroatoms. The summed E-state index contributed by atoms with van der Waals surface area (Å²) in [5.74, 6) is -0.881. The molecule has 0 saturated heterocycles. The molecular weight excluding hydrogens is 304 g/mol. The Balaban J connectivity index is 2.83. The van der Waals surface area contributed by atoms with Gasteiger partial charge in [0.1, 0.15) is 0 Å². The summed E-state index contributed by atoms with van der Waals surface area (Å²) in [5, 5.41) is 9.30. The quantitative estimate of drug-likeness (QED) is 0.809. The average Bonchev–Trinajstić information content (AvgIpc) is 2.35. The molecule has 0 bridgehead atoms. The minimum absolute atomic E-state index is 0.00534. The summed E-state index contributed by atoms with van der Waals surface area (Å²) >= 11 is 3.40. The molecule has 0 aliphatic heterocycles. The molecule has 1 aromatic carbocycles. The van der Waals surface area contributed by atoms with Gasteiger partial charge in [0, 0.05) is 4.47 Å². The Bertz CT molecular complexity index is 568. The van der Waals surface area contributed by atoms with E-state index in [0.717, 1.165) is 5.56 Å². The number of benzene rings is 1. The number of rotatable bonds is 1. The molecule has 0 unspecified atom stereocenters. The molecule has 2 nitrogen and oxygen atoms in total. The molecule has 1 aromatic rings. The predicted molar refractivity (Wildman–Crippen MR) is 80.9 cm³/mol. The smallest absolute Gasteiger partial charge is 0.336 e. The largest absolute Gasteiger partial charge is 0.478 e. The number of hydrogen-bond acceptors (Lipinski definition) is 1. The average molecular weight is 325 g/mol. The van der Waals surface area contributed by atoms with Gasteiger partial charge in [-0.1, -0.05) is 41.5 Å². The zero-order valence-corrected chi connectivity index (χ0v) is 14.0. The lowest BCUT2D eigenvalue weighted by molar-refractivity contribution is 0.0695. The van der Waals surface area contributed by atoms with Gasteiger partial charge >= 0.3 is 5.97 Å². The molecule has 0 spiro atoms. The van der Waals surface area contributed by atoms with Crippen LogP contribution in [0.15, 0.2) is 16.6 Å². The predicted octanol–water partition coefficient (Wildman–Crippen LogP) is 4.74. The maximum absolute atomic E-state index is 11.3. The van der Waals surface area contributed by atoms with Gasteiger partial charge in [-0.05, 0) is 55.4 Å². The third-order valence-electron chi connectivity index (χ3n) is 5.81. The second-order valence-electron chi connectivity index (χ2n) is 7.06. The molecule has 0 fully saturated rings. The number of carbonyl (C=O) groups is 1. The molecule has 104 valence electrons. The fourth-order valence-corrected chi connectivity index (χ4v) is 3.74. The van der Waals surface area contributed by atoms with Crippen molar-refractivity contribution >= 4 is 21.9 Å². The minimum Gasteiger partial charge on any atom is -0.478 e. The van der Waals surface area contributed by atoms with Gasteiger partial charge in [0.05, 0.1) is 5.56 Å². The number of halogens is 1. The summed E-state index contributed by atoms with van der Waals surface area (Å²) in [4.78, 5) is 11.3. The van der Waals surface area contributed by atoms with Crippen molar-refractivity contribution in [1.82, 2.24) is 0 Å². The summed E-state index contributed by atoms with van der Waals surface area (Å²) in [6.45, 7) is 13.4. The Hall–Kier alpha value is -0.830. The summed E-state index contributed by atoms with van der Waals surface area (Å²) in [6, 6.07) is 3.84. The highest BCUT2D eigenvalue weighted by Crippen LogP contribution is 2.61. The van der Waals surface area contributed by atoms with Gasteiger partial charge in [-0.15, -0.1) is 0 Å². The van der Waals surface area contributed by atoms with Gasteiger partial charge in [0.15, 0.2) is 0 Å². The molecule has 1 N–H and O–H groups in total. The molecule has 0 aromatic heterocycles. The van der Waals surface area contributed by atoms with E-state index in [1.807, 2.05) is 12.1 Å². The van der Waals surface area contributed by atoms with E-state index in [-0.39, 0.29) is 16.2 Å². The van der Waals surface area contributed by atoms with Crippen LogP contribution in [0.25, 0.3) is 0 Å². The lowest BCUT2D eigenvalue weighted by Crippen LogP contribution is -2.42. The molecule has 1 aliphatic carbocycles. The highest BCUT2D eigenvalue weighted by atomic mass is 79.9. The van der Waals surface area contributed by atoms with E-state index >= 15 is 0 Å². The molecular formula is C16H21BrO2. The molecule has 2 rings (SSSR count). The van der Waals surface area contributed by atoms with Crippen molar-refractivity contribution in [2.45, 2.75) is 52.4 Å². The van der Waals surface area contributed by atoms with E-state index < -0.39 is 5.97 Å². The standard InChI is InChI=1S/C16H21BrO2/c1-14(2)10-7-9(13(18)19)12(17)8-11(10)15(3,4)16(14,5)6/h7-8H,1-6H3,(H,18,19). The zero-order valence-electron chi connectivity index (χ0n) is 12.4. The van der Waals surface area contributed by atoms with Crippen molar-refractivity contribution in [3.05, 3.63) is 33.3 Å². The molecule has 0 amide bonds. The summed E-state index contributed by atoms with van der Waals surface area (Å²) in [6.07, 6.45) is 0. The van der Waals surface area contributed by atoms with Crippen LogP contribution in [0.4, 0.5) is 0 Å². The fourth-order valence-electron chi connectivity index (χ4n) is 3.23. The second-order valence-corrected chi connectivity index (χ2v) is 7.91. The van der Waals surface area contributed by atoms with Gasteiger partial charge in [-0.3, -0.25) is 0 Å². The molecule has 1 aliphatic rings. The zero-order chi connectivity index (χ0) is 14.8. The number of hydrogen-bond donors (Lipinski definition) is 1. The number of carboxylic acids is 1. The number of carboxylic acid groups (broad SMARTS) is 1. The Kier molecular flexibility index (Phi) is 2.95. The maximum Gasteiger partial charge on any atom is 0.336 e. The summed E-state index contributed by atoms with van der Waals surface area (Å²) in [7, 11) is 0. The minimum atomic E-state index is -0.881. The maximum atomic E-state index is 11.3. The van der Waals surface area contributed by atoms with E-state index in [0.29, 0.717) is 10.0 Å². The van der Waals surface area contributed by atoms with Crippen molar-refractivity contribution in [1.29, 1.82) is 0 Å². The monoisotopic (exact) mass is 324 g/mol. The number of aromatic carboxylic acids is 1. The van der Waals surface area contributed by atoms with Crippen LogP contribution in [0.2, 0.25) is 0 Å². The lowest BCUT2D eigenvalue weighted by atomic mass is 9.59.